The second-order valence-corrected chi connectivity index (χ2v) is 0.921. The normalized spacial score (nSPS) is 6.22. The number of aliphatic carboxylic acids is 2. The molecule has 0 saturated heterocycles. The Hall–Kier alpha value is -0.581. The summed E-state index contributed by atoms with van der Waals surface area (Å²) in [5.41, 5.74) is 0. The van der Waals surface area contributed by atoms with Crippen LogP contribution in [0.15, 0.2) is 0 Å². The maximum atomic E-state index is 9.28. The van der Waals surface area contributed by atoms with Gasteiger partial charge in [0.05, 0.1) is 0 Å². The Balaban J connectivity index is -0.000000180. The van der Waals surface area contributed by atoms with Gasteiger partial charge in [-0.3, -0.25) is 0 Å². The van der Waals surface area contributed by atoms with E-state index in [0.29, 0.717) is 0 Å². The molecule has 6 heteroatoms. The molecular formula is C3H4CuO5. The molecule has 0 aliphatic heterocycles. The summed E-state index contributed by atoms with van der Waals surface area (Å²) in [4.78, 5) is 18.6. The van der Waals surface area contributed by atoms with Gasteiger partial charge in [0, 0.05) is 18.4 Å². The molecule has 0 aromatic rings. The molecule has 0 fully saturated rings. The van der Waals surface area contributed by atoms with Gasteiger partial charge in [-0.15, -0.1) is 0 Å². The third-order valence-electron chi connectivity index (χ3n) is 0.289. The van der Waals surface area contributed by atoms with Crippen molar-refractivity contribution in [3.63, 3.8) is 0 Å². The van der Waals surface area contributed by atoms with Crippen molar-refractivity contribution in [3.05, 3.63) is 0 Å². The first-order valence-electron chi connectivity index (χ1n) is 1.52. The second kappa shape index (κ2) is 7.42. The van der Waals surface area contributed by atoms with Crippen molar-refractivity contribution in [1.29, 1.82) is 0 Å². The fraction of sp³-hybridized carbons (Fsp3) is 0.333. The standard InChI is InChI=1S/C3H4O4.Cu.H2O/c4-2(5)1-3(6)7;;/h1H2,(H,4,5)(H,6,7);;1H2/q;+2;/p-2. The van der Waals surface area contributed by atoms with E-state index in [1.807, 2.05) is 0 Å². The molecule has 0 unspecified atom stereocenters. The van der Waals surface area contributed by atoms with E-state index in [4.69, 9.17) is 0 Å². The summed E-state index contributed by atoms with van der Waals surface area (Å²) in [7, 11) is 0. The van der Waals surface area contributed by atoms with Crippen LogP contribution >= 0.6 is 0 Å². The van der Waals surface area contributed by atoms with Gasteiger partial charge in [0.25, 0.3) is 0 Å². The minimum atomic E-state index is -1.63. The number of carbonyl (C=O) groups is 2. The quantitative estimate of drug-likeness (QED) is 0.321. The zero-order valence-corrected chi connectivity index (χ0v) is 5.08. The Labute approximate surface area is 61.5 Å². The average Bonchev–Trinajstić information content (AvgIpc) is 1.27. The van der Waals surface area contributed by atoms with E-state index < -0.39 is 18.4 Å². The predicted octanol–water partition coefficient (Wildman–Crippen LogP) is -3.95. The summed E-state index contributed by atoms with van der Waals surface area (Å²) in [6.45, 7) is 0. The third-order valence-corrected chi connectivity index (χ3v) is 0.289. The van der Waals surface area contributed by atoms with Crippen LogP contribution in [0.25, 0.3) is 0 Å². The first-order valence-corrected chi connectivity index (χ1v) is 1.52. The molecule has 0 aliphatic carbocycles. The summed E-state index contributed by atoms with van der Waals surface area (Å²) in [6.07, 6.45) is -1.03. The minimum Gasteiger partial charge on any atom is -0.550 e. The van der Waals surface area contributed by atoms with Gasteiger partial charge in [0.1, 0.15) is 0 Å². The maximum absolute atomic E-state index is 9.28. The van der Waals surface area contributed by atoms with Crippen LogP contribution in [-0.2, 0) is 26.7 Å². The molecule has 2 N–H and O–H groups in total. The van der Waals surface area contributed by atoms with Gasteiger partial charge in [-0.25, -0.2) is 0 Å². The molecule has 9 heavy (non-hydrogen) atoms. The van der Waals surface area contributed by atoms with Crippen LogP contribution in [0.1, 0.15) is 6.42 Å². The first-order chi connectivity index (χ1) is 3.13. The van der Waals surface area contributed by atoms with Gasteiger partial charge in [-0.1, -0.05) is 0 Å². The fourth-order valence-corrected chi connectivity index (χ4v) is 0.118. The minimum absolute atomic E-state index is 0. The van der Waals surface area contributed by atoms with Crippen LogP contribution in [0.4, 0.5) is 0 Å². The van der Waals surface area contributed by atoms with Gasteiger partial charge in [-0.05, 0) is 0 Å². The molecule has 57 valence electrons. The van der Waals surface area contributed by atoms with Crippen molar-refractivity contribution < 1.29 is 42.3 Å². The van der Waals surface area contributed by atoms with Crippen molar-refractivity contribution in [2.24, 2.45) is 0 Å². The van der Waals surface area contributed by atoms with Gasteiger partial charge in [0.2, 0.25) is 0 Å². The van der Waals surface area contributed by atoms with E-state index in [0.717, 1.165) is 0 Å². The molecule has 0 heterocycles. The van der Waals surface area contributed by atoms with Crippen molar-refractivity contribution in [3.8, 4) is 0 Å². The number of rotatable bonds is 2. The summed E-state index contributed by atoms with van der Waals surface area (Å²) < 4.78 is 0. The zero-order chi connectivity index (χ0) is 5.86. The van der Waals surface area contributed by atoms with E-state index in [9.17, 15) is 19.8 Å². The summed E-state index contributed by atoms with van der Waals surface area (Å²) in [6, 6.07) is 0. The maximum Gasteiger partial charge on any atom is 2.00 e. The Morgan fingerprint density at radius 2 is 1.33 bits per heavy atom. The van der Waals surface area contributed by atoms with Crippen LogP contribution in [-0.4, -0.2) is 17.4 Å². The molecule has 0 amide bonds. The van der Waals surface area contributed by atoms with Gasteiger partial charge >= 0.3 is 17.1 Å². The van der Waals surface area contributed by atoms with Crippen LogP contribution < -0.4 is 10.2 Å². The predicted molar refractivity (Wildman–Crippen MR) is 18.2 cm³/mol. The molecule has 0 aromatic carbocycles. The number of hydrogen-bond acceptors (Lipinski definition) is 4. The van der Waals surface area contributed by atoms with E-state index in [1.54, 1.807) is 0 Å². The number of carbonyl (C=O) groups excluding carboxylic acids is 2. The van der Waals surface area contributed by atoms with Crippen molar-refractivity contribution in [2.45, 2.75) is 6.42 Å². The largest absolute Gasteiger partial charge is 2.00 e. The number of carboxylic acid groups (broad SMARTS) is 2. The third kappa shape index (κ3) is 18.6. The molecule has 0 rings (SSSR count). The molecule has 5 nitrogen and oxygen atoms in total. The van der Waals surface area contributed by atoms with E-state index in [1.165, 1.54) is 0 Å². The average molecular weight is 184 g/mol. The number of hydrogen-bond donors (Lipinski definition) is 0. The van der Waals surface area contributed by atoms with Crippen molar-refractivity contribution >= 4 is 11.9 Å². The molecule has 0 saturated carbocycles. The smallest absolute Gasteiger partial charge is 0.550 e. The topological polar surface area (TPSA) is 112 Å². The van der Waals surface area contributed by atoms with Crippen LogP contribution in [0.3, 0.4) is 0 Å². The van der Waals surface area contributed by atoms with Crippen molar-refractivity contribution in [2.75, 3.05) is 0 Å². The van der Waals surface area contributed by atoms with E-state index >= 15 is 0 Å². The Morgan fingerprint density at radius 1 is 1.11 bits per heavy atom. The fourth-order valence-electron chi connectivity index (χ4n) is 0.118. The van der Waals surface area contributed by atoms with E-state index in [2.05, 4.69) is 0 Å². The molecule has 0 atom stereocenters. The monoisotopic (exact) mass is 183 g/mol. The first kappa shape index (κ1) is 15.8. The SMILES string of the molecule is O.O=C([O-])CC(=O)[O-].[Cu+2]. The van der Waals surface area contributed by atoms with Gasteiger partial charge in [0.15, 0.2) is 0 Å². The van der Waals surface area contributed by atoms with Gasteiger partial charge in [-0.2, -0.15) is 0 Å². The van der Waals surface area contributed by atoms with Crippen LogP contribution in [0.2, 0.25) is 0 Å². The van der Waals surface area contributed by atoms with Crippen LogP contribution in [0, 0.1) is 0 Å². The Kier molecular flexibility index (Phi) is 13.0. The second-order valence-electron chi connectivity index (χ2n) is 0.921. The summed E-state index contributed by atoms with van der Waals surface area (Å²) in [5, 5.41) is 18.6. The Morgan fingerprint density at radius 3 is 1.33 bits per heavy atom. The Bertz CT molecular complexity index is 88.4. The number of carboxylic acids is 2. The van der Waals surface area contributed by atoms with Crippen LogP contribution in [0.5, 0.6) is 0 Å². The zero-order valence-electron chi connectivity index (χ0n) is 4.14. The van der Waals surface area contributed by atoms with E-state index in [-0.39, 0.29) is 22.5 Å². The molecule has 1 radical (unpaired) electrons. The molecular weight excluding hydrogens is 180 g/mol. The molecule has 0 spiro atoms. The van der Waals surface area contributed by atoms with Crippen molar-refractivity contribution in [1.82, 2.24) is 0 Å². The summed E-state index contributed by atoms with van der Waals surface area (Å²) in [5.74, 6) is -3.25. The molecule has 0 aliphatic rings. The molecule has 0 bridgehead atoms. The van der Waals surface area contributed by atoms with Gasteiger partial charge < -0.3 is 25.3 Å². The summed E-state index contributed by atoms with van der Waals surface area (Å²) >= 11 is 0. The molecule has 0 aromatic heterocycles.